The van der Waals surface area contributed by atoms with Gasteiger partial charge in [0.15, 0.2) is 0 Å². The molecule has 118 valence electrons. The molecule has 1 aliphatic rings. The molecular weight excluding hydrogens is 294 g/mol. The monoisotopic (exact) mass is 311 g/mol. The summed E-state index contributed by atoms with van der Waals surface area (Å²) < 4.78 is 13.2. The number of rotatable bonds is 3. The predicted molar refractivity (Wildman–Crippen MR) is 85.2 cm³/mol. The van der Waals surface area contributed by atoms with Crippen LogP contribution in [0.5, 0.6) is 0 Å². The maximum atomic E-state index is 5.74. The lowest BCUT2D eigenvalue weighted by molar-refractivity contribution is -0.0215. The molecule has 0 radical (unpaired) electrons. The van der Waals surface area contributed by atoms with Crippen molar-refractivity contribution >= 4 is 17.0 Å². The van der Waals surface area contributed by atoms with E-state index >= 15 is 0 Å². The molecule has 0 amide bonds. The summed E-state index contributed by atoms with van der Waals surface area (Å²) in [6.45, 7) is 1.23. The average molecular weight is 311 g/mol. The van der Waals surface area contributed by atoms with E-state index in [2.05, 4.69) is 21.0 Å². The van der Waals surface area contributed by atoms with Gasteiger partial charge in [-0.3, -0.25) is 9.55 Å². The SMILES string of the molecule is COC1(c2cncc(-n3ccc4cnc(N)nc43)c2)CCOC1. The van der Waals surface area contributed by atoms with Crippen LogP contribution in [-0.2, 0) is 15.1 Å². The van der Waals surface area contributed by atoms with Crippen molar-refractivity contribution in [3.05, 3.63) is 42.5 Å². The second kappa shape index (κ2) is 5.29. The van der Waals surface area contributed by atoms with Crippen molar-refractivity contribution in [1.82, 2.24) is 19.5 Å². The highest BCUT2D eigenvalue weighted by molar-refractivity contribution is 5.78. The molecular formula is C16H17N5O2. The van der Waals surface area contributed by atoms with Gasteiger partial charge in [0.2, 0.25) is 5.95 Å². The molecule has 0 saturated carbocycles. The van der Waals surface area contributed by atoms with Gasteiger partial charge in [0, 0.05) is 49.7 Å². The van der Waals surface area contributed by atoms with Gasteiger partial charge in [0.25, 0.3) is 0 Å². The summed E-state index contributed by atoms with van der Waals surface area (Å²) in [7, 11) is 1.71. The molecule has 3 aromatic rings. The minimum atomic E-state index is -0.431. The Morgan fingerprint density at radius 2 is 2.26 bits per heavy atom. The van der Waals surface area contributed by atoms with E-state index < -0.39 is 5.60 Å². The predicted octanol–water partition coefficient (Wildman–Crippen LogP) is 1.66. The minimum Gasteiger partial charge on any atom is -0.378 e. The number of hydrogen-bond acceptors (Lipinski definition) is 6. The van der Waals surface area contributed by atoms with E-state index in [1.807, 2.05) is 23.0 Å². The van der Waals surface area contributed by atoms with Crippen molar-refractivity contribution in [3.8, 4) is 5.69 Å². The zero-order valence-corrected chi connectivity index (χ0v) is 12.8. The molecule has 7 heteroatoms. The van der Waals surface area contributed by atoms with E-state index in [-0.39, 0.29) is 5.95 Å². The van der Waals surface area contributed by atoms with Crippen molar-refractivity contribution in [2.75, 3.05) is 26.1 Å². The first-order valence-corrected chi connectivity index (χ1v) is 7.40. The van der Waals surface area contributed by atoms with E-state index in [1.165, 1.54) is 0 Å². The second-order valence-corrected chi connectivity index (χ2v) is 5.63. The Morgan fingerprint density at radius 1 is 1.35 bits per heavy atom. The van der Waals surface area contributed by atoms with Crippen LogP contribution in [0.25, 0.3) is 16.7 Å². The van der Waals surface area contributed by atoms with Gasteiger partial charge in [0.1, 0.15) is 11.2 Å². The van der Waals surface area contributed by atoms with E-state index in [9.17, 15) is 0 Å². The number of nitrogen functional groups attached to an aromatic ring is 1. The summed E-state index contributed by atoms with van der Waals surface area (Å²) >= 11 is 0. The molecule has 1 saturated heterocycles. The normalized spacial score (nSPS) is 21.1. The van der Waals surface area contributed by atoms with Crippen LogP contribution in [0.2, 0.25) is 0 Å². The molecule has 0 bridgehead atoms. The summed E-state index contributed by atoms with van der Waals surface area (Å²) in [5, 5.41) is 0.926. The second-order valence-electron chi connectivity index (χ2n) is 5.63. The lowest BCUT2D eigenvalue weighted by Gasteiger charge is -2.26. The van der Waals surface area contributed by atoms with Crippen LogP contribution >= 0.6 is 0 Å². The highest BCUT2D eigenvalue weighted by Gasteiger charge is 2.37. The quantitative estimate of drug-likeness (QED) is 0.791. The van der Waals surface area contributed by atoms with Gasteiger partial charge in [-0.25, -0.2) is 4.98 Å². The van der Waals surface area contributed by atoms with Crippen LogP contribution in [0, 0.1) is 0 Å². The van der Waals surface area contributed by atoms with E-state index in [1.54, 1.807) is 19.5 Å². The van der Waals surface area contributed by atoms with Gasteiger partial charge < -0.3 is 15.2 Å². The molecule has 1 fully saturated rings. The van der Waals surface area contributed by atoms with Crippen LogP contribution in [0.3, 0.4) is 0 Å². The minimum absolute atomic E-state index is 0.249. The zero-order chi connectivity index (χ0) is 15.9. The third-order valence-corrected chi connectivity index (χ3v) is 4.35. The molecule has 0 aromatic carbocycles. The molecule has 0 spiro atoms. The summed E-state index contributed by atoms with van der Waals surface area (Å²) in [5.41, 5.74) is 7.94. The molecule has 0 aliphatic carbocycles. The maximum Gasteiger partial charge on any atom is 0.221 e. The number of methoxy groups -OCH3 is 1. The van der Waals surface area contributed by atoms with Gasteiger partial charge in [-0.15, -0.1) is 0 Å². The summed E-state index contributed by atoms with van der Waals surface area (Å²) in [6.07, 6.45) is 8.09. The lowest BCUT2D eigenvalue weighted by atomic mass is 9.94. The Morgan fingerprint density at radius 3 is 3.04 bits per heavy atom. The highest BCUT2D eigenvalue weighted by atomic mass is 16.5. The average Bonchev–Trinajstić information content (AvgIpc) is 3.22. The first kappa shape index (κ1) is 14.1. The summed E-state index contributed by atoms with van der Waals surface area (Å²) in [4.78, 5) is 12.7. The summed E-state index contributed by atoms with van der Waals surface area (Å²) in [5.74, 6) is 0.249. The Bertz CT molecular complexity index is 855. The third-order valence-electron chi connectivity index (χ3n) is 4.35. The van der Waals surface area contributed by atoms with Crippen molar-refractivity contribution in [2.45, 2.75) is 12.0 Å². The molecule has 1 aliphatic heterocycles. The van der Waals surface area contributed by atoms with Crippen LogP contribution in [-0.4, -0.2) is 39.8 Å². The topological polar surface area (TPSA) is 88.1 Å². The molecule has 23 heavy (non-hydrogen) atoms. The number of pyridine rings is 1. The molecule has 3 aromatic heterocycles. The Labute approximate surface area is 133 Å². The third kappa shape index (κ3) is 2.25. The number of aromatic nitrogens is 4. The van der Waals surface area contributed by atoms with Crippen molar-refractivity contribution in [1.29, 1.82) is 0 Å². The highest BCUT2D eigenvalue weighted by Crippen LogP contribution is 2.34. The van der Waals surface area contributed by atoms with E-state index in [0.717, 1.165) is 28.7 Å². The standard InChI is InChI=1S/C16H17N5O2/c1-22-16(3-5-23-10-16)12-6-13(9-18-8-12)21-4-2-11-7-19-15(17)20-14(11)21/h2,4,6-9H,3,5,10H2,1H3,(H2,17,19,20). The molecule has 4 rings (SSSR count). The van der Waals surface area contributed by atoms with Gasteiger partial charge in [-0.1, -0.05) is 0 Å². The van der Waals surface area contributed by atoms with Crippen LogP contribution in [0.1, 0.15) is 12.0 Å². The van der Waals surface area contributed by atoms with Crippen molar-refractivity contribution < 1.29 is 9.47 Å². The van der Waals surface area contributed by atoms with Crippen molar-refractivity contribution in [2.24, 2.45) is 0 Å². The number of nitrogens with zero attached hydrogens (tertiary/aromatic N) is 4. The number of fused-ring (bicyclic) bond motifs is 1. The van der Waals surface area contributed by atoms with Gasteiger partial charge in [-0.05, 0) is 12.1 Å². The number of anilines is 1. The van der Waals surface area contributed by atoms with E-state index in [0.29, 0.717) is 13.2 Å². The fraction of sp³-hybridized carbons (Fsp3) is 0.312. The summed E-state index contributed by atoms with van der Waals surface area (Å²) in [6, 6.07) is 4.01. The number of nitrogens with two attached hydrogens (primary N) is 1. The molecule has 4 heterocycles. The maximum absolute atomic E-state index is 5.74. The molecule has 7 nitrogen and oxygen atoms in total. The largest absolute Gasteiger partial charge is 0.378 e. The fourth-order valence-electron chi connectivity index (χ4n) is 3.00. The van der Waals surface area contributed by atoms with E-state index in [4.69, 9.17) is 15.2 Å². The van der Waals surface area contributed by atoms with Crippen LogP contribution in [0.15, 0.2) is 36.9 Å². The first-order chi connectivity index (χ1) is 11.2. The molecule has 2 N–H and O–H groups in total. The molecule has 1 atom stereocenters. The number of ether oxygens (including phenoxy) is 2. The fourth-order valence-corrected chi connectivity index (χ4v) is 3.00. The Hall–Kier alpha value is -2.51. The Kier molecular flexibility index (Phi) is 3.24. The molecule has 1 unspecified atom stereocenters. The number of hydrogen-bond donors (Lipinski definition) is 1. The van der Waals surface area contributed by atoms with Crippen LogP contribution < -0.4 is 5.73 Å². The van der Waals surface area contributed by atoms with Gasteiger partial charge >= 0.3 is 0 Å². The van der Waals surface area contributed by atoms with Crippen LogP contribution in [0.4, 0.5) is 5.95 Å². The first-order valence-electron chi connectivity index (χ1n) is 7.40. The van der Waals surface area contributed by atoms with Gasteiger partial charge in [-0.2, -0.15) is 4.98 Å². The lowest BCUT2D eigenvalue weighted by Crippen LogP contribution is -2.29. The zero-order valence-electron chi connectivity index (χ0n) is 12.8. The smallest absolute Gasteiger partial charge is 0.221 e. The van der Waals surface area contributed by atoms with Crippen molar-refractivity contribution in [3.63, 3.8) is 0 Å². The Balaban J connectivity index is 1.83. The van der Waals surface area contributed by atoms with Gasteiger partial charge in [0.05, 0.1) is 18.5 Å².